The van der Waals surface area contributed by atoms with E-state index in [-0.39, 0.29) is 19.5 Å². The first kappa shape index (κ1) is 48.9. The molecule has 0 fully saturated rings. The zero-order chi connectivity index (χ0) is 51.9. The number of rotatable bonds is 8. The number of ether oxygens (including phenoxy) is 4. The van der Waals surface area contributed by atoms with Crippen LogP contribution >= 0.6 is 0 Å². The molecular weight excluding hydrogens is 1010 g/mol. The molecule has 370 valence electrons. The first-order valence-electron chi connectivity index (χ1n) is 25.2. The summed E-state index contributed by atoms with van der Waals surface area (Å²) in [5, 5.41) is 2.66. The van der Waals surface area contributed by atoms with E-state index in [4.69, 9.17) is 58.8 Å². The van der Waals surface area contributed by atoms with Gasteiger partial charge in [-0.2, -0.15) is 0 Å². The SMILES string of the molecule is Cc1cccc(C)c1Oc1cccc2c1-c1nc-2nc2[n-]c(nc3nc(nc4[n-]c(n1)c1cccc(Oc5c(C)cccc5C)c41)-c1cccc(Oc4c(C)cccc4C)c1-3)c1cccc(Oc3c(C)cccc3C)c21.[Zn+2]. The first-order valence-corrected chi connectivity index (χ1v) is 25.2. The maximum absolute atomic E-state index is 6.89. The molecule has 12 nitrogen and oxygen atoms in total. The van der Waals surface area contributed by atoms with Crippen molar-refractivity contribution in [1.82, 2.24) is 39.9 Å². The number of aromatic nitrogens is 8. The van der Waals surface area contributed by atoms with Crippen LogP contribution in [0.5, 0.6) is 46.0 Å². The zero-order valence-corrected chi connectivity index (χ0v) is 46.7. The fraction of sp³-hybridized carbons (Fsp3) is 0.125. The van der Waals surface area contributed by atoms with Gasteiger partial charge in [-0.25, -0.2) is 9.97 Å². The third kappa shape index (κ3) is 8.44. The van der Waals surface area contributed by atoms with E-state index >= 15 is 0 Å². The molecule has 0 atom stereocenters. The summed E-state index contributed by atoms with van der Waals surface area (Å²) in [7, 11) is 0. The molecule has 11 aromatic rings. The van der Waals surface area contributed by atoms with Gasteiger partial charge in [0.05, 0.1) is 34.4 Å². The molecule has 2 aliphatic heterocycles. The van der Waals surface area contributed by atoms with Gasteiger partial charge in [-0.05, 0) is 135 Å². The van der Waals surface area contributed by atoms with E-state index in [0.29, 0.717) is 113 Å². The van der Waals surface area contributed by atoms with Crippen molar-refractivity contribution >= 4 is 44.1 Å². The Morgan fingerprint density at radius 2 is 0.558 bits per heavy atom. The van der Waals surface area contributed by atoms with Crippen LogP contribution in [0, 0.1) is 55.4 Å². The summed E-state index contributed by atoms with van der Waals surface area (Å²) in [5.74, 6) is 6.58. The minimum absolute atomic E-state index is 0. The van der Waals surface area contributed by atoms with Crippen molar-refractivity contribution < 1.29 is 38.4 Å². The predicted molar refractivity (Wildman–Crippen MR) is 298 cm³/mol. The fourth-order valence-corrected chi connectivity index (χ4v) is 10.3. The molecule has 0 N–H and O–H groups in total. The molecule has 8 bridgehead atoms. The topological polar surface area (TPSA) is 142 Å². The summed E-state index contributed by atoms with van der Waals surface area (Å²) in [6.07, 6.45) is 0. The summed E-state index contributed by atoms with van der Waals surface area (Å²) >= 11 is 0. The van der Waals surface area contributed by atoms with E-state index in [9.17, 15) is 0 Å². The number of hydrogen-bond donors (Lipinski definition) is 0. The van der Waals surface area contributed by atoms with E-state index in [1.54, 1.807) is 0 Å². The summed E-state index contributed by atoms with van der Waals surface area (Å²) in [5.41, 5.74) is 11.9. The fourth-order valence-electron chi connectivity index (χ4n) is 10.3. The number of nitrogens with zero attached hydrogens (tertiary/aromatic N) is 8. The Hall–Kier alpha value is -9.06. The van der Waals surface area contributed by atoms with Crippen LogP contribution in [0.15, 0.2) is 146 Å². The van der Waals surface area contributed by atoms with Gasteiger partial charge < -0.3 is 48.9 Å². The molecule has 5 heterocycles. The molecule has 0 amide bonds. The second-order valence-corrected chi connectivity index (χ2v) is 19.5. The van der Waals surface area contributed by atoms with Gasteiger partial charge in [-0.1, -0.05) is 121 Å². The standard InChI is InChI=1S/C64H48N8O4.Zn/c1-33-17-9-18-34(2)53(33)73-45-29-13-25-41-49(45)61-65-57(41)70-62-51-43(27-15-31-47(51)75-55-37(5)21-11-22-38(55)6)59(67-62)72-64-52-44(28-16-32-48(52)76-56-39(7)23-12-24-40(56)8)60(68-64)71-63-50-42(58(66-63)69-61)26-14-30-46(50)74-54-35(3)19-10-20-36(54)4;/h9-32H,1-8H3;/q-2;+2. The predicted octanol–water partition coefficient (Wildman–Crippen LogP) is 15.8. The van der Waals surface area contributed by atoms with Crippen LogP contribution in [-0.2, 0) is 19.5 Å². The van der Waals surface area contributed by atoms with Crippen molar-refractivity contribution in [3.63, 3.8) is 0 Å². The van der Waals surface area contributed by atoms with Crippen molar-refractivity contribution in [1.29, 1.82) is 0 Å². The molecule has 2 aliphatic rings. The minimum atomic E-state index is 0. The Morgan fingerprint density at radius 1 is 0.286 bits per heavy atom. The van der Waals surface area contributed by atoms with Crippen molar-refractivity contribution in [3.8, 4) is 91.5 Å². The van der Waals surface area contributed by atoms with Crippen LogP contribution in [0.25, 0.3) is 89.7 Å². The second-order valence-electron chi connectivity index (χ2n) is 19.5. The van der Waals surface area contributed by atoms with E-state index in [1.165, 1.54) is 0 Å². The molecule has 0 saturated heterocycles. The van der Waals surface area contributed by atoms with E-state index < -0.39 is 0 Å². The van der Waals surface area contributed by atoms with Crippen LogP contribution in [0.3, 0.4) is 0 Å². The molecule has 0 aliphatic carbocycles. The van der Waals surface area contributed by atoms with Crippen LogP contribution in [0.1, 0.15) is 44.5 Å². The normalized spacial score (nSPS) is 11.5. The average Bonchev–Trinajstić information content (AvgIpc) is 4.16. The summed E-state index contributed by atoms with van der Waals surface area (Å²) in [6, 6.07) is 47.8. The van der Waals surface area contributed by atoms with Gasteiger partial charge in [0.2, 0.25) is 0 Å². The maximum Gasteiger partial charge on any atom is 2.00 e. The first-order chi connectivity index (χ1) is 36.9. The van der Waals surface area contributed by atoms with E-state index in [2.05, 4.69) is 0 Å². The Balaban J connectivity index is 0.00000596. The Morgan fingerprint density at radius 3 is 0.896 bits per heavy atom. The molecule has 0 radical (unpaired) electrons. The molecule has 13 heteroatoms. The van der Waals surface area contributed by atoms with Gasteiger partial charge in [-0.3, -0.25) is 0 Å². The number of aryl methyl sites for hydroxylation is 8. The van der Waals surface area contributed by atoms with Gasteiger partial charge >= 0.3 is 19.5 Å². The molecule has 0 spiro atoms. The molecule has 13 rings (SSSR count). The summed E-state index contributed by atoms with van der Waals surface area (Å²) in [4.78, 5) is 42.6. The number of para-hydroxylation sites is 4. The number of benzene rings is 8. The quantitative estimate of drug-likeness (QED) is 0.134. The smallest absolute Gasteiger partial charge is 0.456 e. The van der Waals surface area contributed by atoms with Crippen molar-refractivity contribution in [2.45, 2.75) is 55.4 Å². The van der Waals surface area contributed by atoms with Crippen molar-refractivity contribution in [2.75, 3.05) is 0 Å². The van der Waals surface area contributed by atoms with Crippen LogP contribution in [-0.4, -0.2) is 29.9 Å². The van der Waals surface area contributed by atoms with Crippen LogP contribution in [0.4, 0.5) is 0 Å². The summed E-state index contributed by atoms with van der Waals surface area (Å²) < 4.78 is 27.6. The Labute approximate surface area is 457 Å². The molecule has 0 unspecified atom stereocenters. The number of fused-ring (bicyclic) bond motifs is 20. The van der Waals surface area contributed by atoms with Gasteiger partial charge in [0.25, 0.3) is 0 Å². The third-order valence-corrected chi connectivity index (χ3v) is 14.1. The van der Waals surface area contributed by atoms with Crippen molar-refractivity contribution in [2.24, 2.45) is 0 Å². The average molecular weight is 1060 g/mol. The molecular formula is C64H48N8O4Zn. The van der Waals surface area contributed by atoms with E-state index in [0.717, 1.165) is 67.5 Å². The number of hydrogen-bond acceptors (Lipinski definition) is 10. The maximum atomic E-state index is 6.89. The third-order valence-electron chi connectivity index (χ3n) is 14.1. The zero-order valence-electron chi connectivity index (χ0n) is 43.8. The van der Waals surface area contributed by atoms with Crippen LogP contribution in [0.2, 0.25) is 0 Å². The minimum Gasteiger partial charge on any atom is -0.456 e. The summed E-state index contributed by atoms with van der Waals surface area (Å²) in [6.45, 7) is 16.3. The van der Waals surface area contributed by atoms with Gasteiger partial charge in [0.15, 0.2) is 0 Å². The molecule has 77 heavy (non-hydrogen) atoms. The second kappa shape index (κ2) is 19.3. The molecule has 0 saturated carbocycles. The molecule has 3 aromatic heterocycles. The van der Waals surface area contributed by atoms with Gasteiger partial charge in [0.1, 0.15) is 46.0 Å². The molecule has 8 aromatic carbocycles. The van der Waals surface area contributed by atoms with Crippen molar-refractivity contribution in [3.05, 3.63) is 190 Å². The van der Waals surface area contributed by atoms with E-state index in [1.807, 2.05) is 201 Å². The Bertz CT molecular complexity index is 4070. The van der Waals surface area contributed by atoms with Gasteiger partial charge in [-0.15, -0.1) is 0 Å². The Kier molecular flexibility index (Phi) is 12.2. The van der Waals surface area contributed by atoms with Gasteiger partial charge in [0, 0.05) is 44.5 Å². The monoisotopic (exact) mass is 1060 g/mol. The van der Waals surface area contributed by atoms with Crippen LogP contribution < -0.4 is 28.9 Å². The largest absolute Gasteiger partial charge is 2.00 e.